The fraction of sp³-hybridized carbons (Fsp3) is 0.261. The Balaban J connectivity index is 1.70. The second-order valence-corrected chi connectivity index (χ2v) is 8.64. The van der Waals surface area contributed by atoms with Gasteiger partial charge in [0.05, 0.1) is 0 Å². The van der Waals surface area contributed by atoms with Crippen LogP contribution in [0.5, 0.6) is 0 Å². The van der Waals surface area contributed by atoms with E-state index >= 15 is 0 Å². The molecule has 0 N–H and O–H groups in total. The van der Waals surface area contributed by atoms with Gasteiger partial charge >= 0.3 is 0 Å². The molecule has 3 heteroatoms. The first-order valence-corrected chi connectivity index (χ1v) is 9.82. The quantitative estimate of drug-likeness (QED) is 0.557. The number of aromatic nitrogens is 1. The van der Waals surface area contributed by atoms with Crippen molar-refractivity contribution in [2.24, 2.45) is 7.05 Å². The Morgan fingerprint density at radius 2 is 1.88 bits per heavy atom. The number of anilines is 1. The fourth-order valence-corrected chi connectivity index (χ4v) is 4.99. The van der Waals surface area contributed by atoms with Crippen LogP contribution in [0.15, 0.2) is 60.3 Å². The monoisotopic (exact) mass is 361 g/mol. The van der Waals surface area contributed by atoms with Gasteiger partial charge in [0.15, 0.2) is 0 Å². The van der Waals surface area contributed by atoms with Gasteiger partial charge in [-0.15, -0.1) is 0 Å². The molecule has 26 heavy (non-hydrogen) atoms. The summed E-state index contributed by atoms with van der Waals surface area (Å²) in [5, 5.41) is 1.26. The van der Waals surface area contributed by atoms with Gasteiger partial charge in [-0.1, -0.05) is 55.5 Å². The van der Waals surface area contributed by atoms with Gasteiger partial charge in [-0.25, -0.2) is 0 Å². The normalized spacial score (nSPS) is 17.6. The average molecular weight is 362 g/mol. The van der Waals surface area contributed by atoms with Gasteiger partial charge in [-0.3, -0.25) is 0 Å². The summed E-state index contributed by atoms with van der Waals surface area (Å²) in [5.74, 6) is 0. The first kappa shape index (κ1) is 17.0. The van der Waals surface area contributed by atoms with E-state index in [0.717, 1.165) is 0 Å². The molecule has 0 bridgehead atoms. The molecule has 0 saturated heterocycles. The highest BCUT2D eigenvalue weighted by atomic mass is 32.1. The Morgan fingerprint density at radius 3 is 2.65 bits per heavy atom. The van der Waals surface area contributed by atoms with Crippen LogP contribution in [0.3, 0.4) is 0 Å². The molecule has 0 amide bonds. The van der Waals surface area contributed by atoms with Crippen molar-refractivity contribution in [3.05, 3.63) is 76.4 Å². The van der Waals surface area contributed by atoms with Crippen LogP contribution in [0.2, 0.25) is 0 Å². The van der Waals surface area contributed by atoms with E-state index in [0.29, 0.717) is 0 Å². The van der Waals surface area contributed by atoms with Crippen LogP contribution in [0, 0.1) is 6.92 Å². The highest BCUT2D eigenvalue weighted by Gasteiger charge is 2.37. The Kier molecular flexibility index (Phi) is 4.00. The molecule has 3 aromatic rings. The number of hydrogen-bond donors (Lipinski definition) is 0. The van der Waals surface area contributed by atoms with Gasteiger partial charge in [0.2, 0.25) is 5.52 Å². The summed E-state index contributed by atoms with van der Waals surface area (Å²) in [4.78, 5) is 2.31. The van der Waals surface area contributed by atoms with Crippen molar-refractivity contribution in [1.29, 1.82) is 0 Å². The molecule has 1 aliphatic heterocycles. The second kappa shape index (κ2) is 6.10. The Hall–Kier alpha value is -2.39. The number of rotatable bonds is 2. The van der Waals surface area contributed by atoms with Crippen LogP contribution in [0.25, 0.3) is 16.3 Å². The maximum Gasteiger partial charge on any atom is 0.262 e. The van der Waals surface area contributed by atoms with Gasteiger partial charge in [-0.05, 0) is 36.3 Å². The zero-order chi connectivity index (χ0) is 18.5. The molecule has 0 unspecified atom stereocenters. The minimum atomic E-state index is 0.0230. The molecule has 0 spiro atoms. The van der Waals surface area contributed by atoms with Crippen molar-refractivity contribution in [1.82, 2.24) is 0 Å². The number of benzene rings is 2. The predicted molar refractivity (Wildman–Crippen MR) is 113 cm³/mol. The summed E-state index contributed by atoms with van der Waals surface area (Å²) in [6, 6.07) is 15.3. The molecular weight excluding hydrogens is 336 g/mol. The van der Waals surface area contributed by atoms with Crippen LogP contribution in [0.4, 0.5) is 5.69 Å². The van der Waals surface area contributed by atoms with Crippen molar-refractivity contribution in [2.45, 2.75) is 26.2 Å². The van der Waals surface area contributed by atoms with Gasteiger partial charge in [0.25, 0.3) is 5.01 Å². The van der Waals surface area contributed by atoms with Gasteiger partial charge < -0.3 is 4.90 Å². The third-order valence-corrected chi connectivity index (χ3v) is 6.64. The van der Waals surface area contributed by atoms with E-state index in [9.17, 15) is 0 Å². The van der Waals surface area contributed by atoms with Crippen LogP contribution in [-0.2, 0) is 12.5 Å². The summed E-state index contributed by atoms with van der Waals surface area (Å²) < 4.78 is 3.61. The number of fused-ring (bicyclic) bond motifs is 2. The van der Waals surface area contributed by atoms with Gasteiger partial charge in [-0.2, -0.15) is 4.57 Å². The molecule has 0 radical (unpaired) electrons. The first-order valence-electron chi connectivity index (χ1n) is 9.01. The lowest BCUT2D eigenvalue weighted by molar-refractivity contribution is -0.642. The summed E-state index contributed by atoms with van der Waals surface area (Å²) in [6.07, 6.45) is 6.67. The number of hydrogen-bond acceptors (Lipinski definition) is 2. The second-order valence-electron chi connectivity index (χ2n) is 7.58. The number of allylic oxidation sites excluding steroid dienone is 3. The molecule has 0 fully saturated rings. The molecule has 2 aromatic carbocycles. The molecular formula is C23H25N2S+. The molecule has 0 atom stereocenters. The van der Waals surface area contributed by atoms with Crippen molar-refractivity contribution >= 4 is 33.3 Å². The summed E-state index contributed by atoms with van der Waals surface area (Å²) in [6.45, 7) is 6.75. The Bertz CT molecular complexity index is 1050. The van der Waals surface area contributed by atoms with Gasteiger partial charge in [0.1, 0.15) is 11.7 Å². The minimum Gasteiger partial charge on any atom is -0.347 e. The highest BCUT2D eigenvalue weighted by Crippen LogP contribution is 2.46. The van der Waals surface area contributed by atoms with Crippen molar-refractivity contribution in [3.8, 4) is 0 Å². The zero-order valence-electron chi connectivity index (χ0n) is 16.1. The summed E-state index contributed by atoms with van der Waals surface area (Å²) in [7, 11) is 4.31. The smallest absolute Gasteiger partial charge is 0.262 e. The van der Waals surface area contributed by atoms with Gasteiger partial charge in [0, 0.05) is 36.0 Å². The number of nitrogens with zero attached hydrogens (tertiary/aromatic N) is 2. The van der Waals surface area contributed by atoms with Crippen molar-refractivity contribution in [2.75, 3.05) is 11.9 Å². The minimum absolute atomic E-state index is 0.0230. The maximum atomic E-state index is 2.31. The van der Waals surface area contributed by atoms with E-state index in [1.54, 1.807) is 0 Å². The molecule has 2 nitrogen and oxygen atoms in total. The number of thiazole rings is 1. The zero-order valence-corrected chi connectivity index (χ0v) is 16.9. The fourth-order valence-electron chi connectivity index (χ4n) is 3.94. The SMILES string of the molecule is Cc1ccc2sc(C=CC=C3N(C)c4ccccc4C3(C)C)[n+](C)c2c1. The highest BCUT2D eigenvalue weighted by molar-refractivity contribution is 7.18. The van der Waals surface area contributed by atoms with E-state index in [4.69, 9.17) is 0 Å². The topological polar surface area (TPSA) is 7.12 Å². The molecule has 132 valence electrons. The van der Waals surface area contributed by atoms with Crippen molar-refractivity contribution in [3.63, 3.8) is 0 Å². The maximum absolute atomic E-state index is 2.31. The molecule has 1 aromatic heterocycles. The third-order valence-electron chi connectivity index (χ3n) is 5.45. The summed E-state index contributed by atoms with van der Waals surface area (Å²) >= 11 is 1.84. The van der Waals surface area contributed by atoms with Crippen LogP contribution >= 0.6 is 11.3 Å². The molecule has 4 rings (SSSR count). The molecule has 2 heterocycles. The van der Waals surface area contributed by atoms with E-state index < -0.39 is 0 Å². The number of para-hydroxylation sites is 1. The van der Waals surface area contributed by atoms with E-state index in [-0.39, 0.29) is 5.41 Å². The lowest BCUT2D eigenvalue weighted by Gasteiger charge is -2.23. The standard InChI is InChI=1S/C23H25N2S/c1-16-13-14-20-19(15-16)25(5)22(26-20)12-8-11-21-23(2,3)17-9-6-7-10-18(17)24(21)4/h6-15H,1-5H3/q+1. The lowest BCUT2D eigenvalue weighted by atomic mass is 9.84. The van der Waals surface area contributed by atoms with Crippen LogP contribution < -0.4 is 9.47 Å². The number of likely N-dealkylation sites (N-methyl/N-ethyl adjacent to an activating group) is 1. The van der Waals surface area contributed by atoms with Crippen molar-refractivity contribution < 1.29 is 4.57 Å². The first-order chi connectivity index (χ1) is 12.4. The Morgan fingerprint density at radius 1 is 1.12 bits per heavy atom. The molecule has 1 aliphatic rings. The van der Waals surface area contributed by atoms with Crippen LogP contribution in [0.1, 0.15) is 30.0 Å². The Labute approximate surface area is 159 Å². The largest absolute Gasteiger partial charge is 0.347 e. The van der Waals surface area contributed by atoms with E-state index in [1.165, 1.54) is 37.7 Å². The molecule has 0 aliphatic carbocycles. The van der Waals surface area contributed by atoms with E-state index in [2.05, 4.69) is 105 Å². The molecule has 0 saturated carbocycles. The summed E-state index contributed by atoms with van der Waals surface area (Å²) in [5.41, 5.74) is 6.65. The number of aryl methyl sites for hydroxylation is 2. The van der Waals surface area contributed by atoms with Crippen LogP contribution in [-0.4, -0.2) is 7.05 Å². The third kappa shape index (κ3) is 2.58. The lowest BCUT2D eigenvalue weighted by Crippen LogP contribution is -2.28. The predicted octanol–water partition coefficient (Wildman–Crippen LogP) is 5.36. The average Bonchev–Trinajstić information content (AvgIpc) is 3.02. The van der Waals surface area contributed by atoms with E-state index in [1.807, 2.05) is 11.3 Å².